The molecule has 2 N–H and O–H groups in total. The van der Waals surface area contributed by atoms with Crippen LogP contribution < -0.4 is 0 Å². The van der Waals surface area contributed by atoms with Crippen molar-refractivity contribution in [2.24, 2.45) is 0 Å². The van der Waals surface area contributed by atoms with E-state index in [2.05, 4.69) is 0 Å². The van der Waals surface area contributed by atoms with Crippen LogP contribution in [-0.2, 0) is 23.5 Å². The lowest BCUT2D eigenvalue weighted by atomic mass is 10.2. The summed E-state index contributed by atoms with van der Waals surface area (Å²) in [5.41, 5.74) is 0. The predicted molar refractivity (Wildman–Crippen MR) is 65.1 cm³/mol. The highest BCUT2D eigenvalue weighted by molar-refractivity contribution is 6.34. The average Bonchev–Trinajstić information content (AvgIpc) is 2.36. The molecule has 0 aromatic heterocycles. The van der Waals surface area contributed by atoms with Crippen molar-refractivity contribution in [2.45, 2.75) is 6.92 Å². The van der Waals surface area contributed by atoms with Crippen molar-refractivity contribution in [1.29, 1.82) is 0 Å². The second-order valence-electron chi connectivity index (χ2n) is 3.19. The van der Waals surface area contributed by atoms with Gasteiger partial charge in [-0.25, -0.2) is 0 Å². The van der Waals surface area contributed by atoms with Crippen LogP contribution in [-0.4, -0.2) is 76.9 Å². The molecule has 0 saturated carbocycles. The molecular formula is C10H23BO7. The molecule has 0 aromatic rings. The molecule has 0 aliphatic rings. The van der Waals surface area contributed by atoms with Gasteiger partial charge in [0.05, 0.1) is 52.9 Å². The maximum absolute atomic E-state index is 9.04. The van der Waals surface area contributed by atoms with Crippen LogP contribution in [0, 0.1) is 0 Å². The Labute approximate surface area is 108 Å². The van der Waals surface area contributed by atoms with Gasteiger partial charge < -0.3 is 33.6 Å². The minimum absolute atomic E-state index is 0.0245. The summed E-state index contributed by atoms with van der Waals surface area (Å²) in [6.07, 6.45) is 0. The van der Waals surface area contributed by atoms with Crippen LogP contribution >= 0.6 is 0 Å². The van der Waals surface area contributed by atoms with Gasteiger partial charge >= 0.3 is 7.32 Å². The molecule has 0 atom stereocenters. The molecule has 0 spiro atoms. The fraction of sp³-hybridized carbons (Fsp3) is 1.00. The molecular weight excluding hydrogens is 243 g/mol. The maximum Gasteiger partial charge on any atom is 0.636 e. The third-order valence-electron chi connectivity index (χ3n) is 1.78. The number of ether oxygens (including phenoxy) is 3. The fourth-order valence-electron chi connectivity index (χ4n) is 1.00. The summed E-state index contributed by atoms with van der Waals surface area (Å²) in [6.45, 7) is 5.02. The first kappa shape index (κ1) is 17.8. The first-order valence-corrected chi connectivity index (χ1v) is 6.06. The zero-order valence-corrected chi connectivity index (χ0v) is 10.9. The summed E-state index contributed by atoms with van der Waals surface area (Å²) in [5.74, 6) is 0. The van der Waals surface area contributed by atoms with Crippen molar-refractivity contribution in [3.63, 3.8) is 0 Å². The fourth-order valence-corrected chi connectivity index (χ4v) is 1.00. The SMILES string of the molecule is CCOB(O)OCCOCCOCCOCCO. The molecule has 108 valence electrons. The van der Waals surface area contributed by atoms with E-state index in [9.17, 15) is 0 Å². The molecule has 8 heteroatoms. The van der Waals surface area contributed by atoms with Crippen molar-refractivity contribution >= 4 is 7.32 Å². The van der Waals surface area contributed by atoms with Crippen molar-refractivity contribution < 1.29 is 33.6 Å². The quantitative estimate of drug-likeness (QED) is 0.310. The molecule has 0 radical (unpaired) electrons. The Morgan fingerprint density at radius 3 is 1.78 bits per heavy atom. The van der Waals surface area contributed by atoms with Gasteiger partial charge in [-0.15, -0.1) is 0 Å². The van der Waals surface area contributed by atoms with Crippen molar-refractivity contribution in [3.05, 3.63) is 0 Å². The normalized spacial score (nSPS) is 10.8. The van der Waals surface area contributed by atoms with Crippen LogP contribution in [0.1, 0.15) is 6.92 Å². The van der Waals surface area contributed by atoms with E-state index in [1.807, 2.05) is 0 Å². The van der Waals surface area contributed by atoms with Gasteiger partial charge in [0.1, 0.15) is 0 Å². The zero-order chi connectivity index (χ0) is 13.5. The predicted octanol–water partition coefficient (Wildman–Crippen LogP) is -0.941. The Morgan fingerprint density at radius 1 is 0.778 bits per heavy atom. The number of rotatable bonds is 14. The average molecular weight is 266 g/mol. The molecule has 0 rings (SSSR count). The molecule has 7 nitrogen and oxygen atoms in total. The standard InChI is InChI=1S/C10H23BO7/c1-2-17-11(13)18-10-9-16-8-7-15-6-5-14-4-3-12/h12-13H,2-10H2,1H3. The molecule has 0 heterocycles. The Bertz CT molecular complexity index is 161. The second-order valence-corrected chi connectivity index (χ2v) is 3.19. The smallest absolute Gasteiger partial charge is 0.402 e. The van der Waals surface area contributed by atoms with Crippen LogP contribution in [0.15, 0.2) is 0 Å². The van der Waals surface area contributed by atoms with Crippen LogP contribution in [0.4, 0.5) is 0 Å². The zero-order valence-electron chi connectivity index (χ0n) is 10.9. The van der Waals surface area contributed by atoms with Crippen molar-refractivity contribution in [2.75, 3.05) is 59.5 Å². The van der Waals surface area contributed by atoms with Gasteiger partial charge in [0, 0.05) is 6.61 Å². The summed E-state index contributed by atoms with van der Waals surface area (Å²) >= 11 is 0. The number of hydrogen-bond acceptors (Lipinski definition) is 7. The molecule has 0 unspecified atom stereocenters. The Hall–Kier alpha value is -0.215. The highest BCUT2D eigenvalue weighted by Crippen LogP contribution is 1.86. The summed E-state index contributed by atoms with van der Waals surface area (Å²) in [4.78, 5) is 0. The Balaban J connectivity index is 2.98. The molecule has 0 fully saturated rings. The monoisotopic (exact) mass is 266 g/mol. The number of aliphatic hydroxyl groups is 1. The van der Waals surface area contributed by atoms with Crippen LogP contribution in [0.25, 0.3) is 0 Å². The summed E-state index contributed by atoms with van der Waals surface area (Å²) in [6, 6.07) is 0. The third-order valence-corrected chi connectivity index (χ3v) is 1.78. The number of aliphatic hydroxyl groups excluding tert-OH is 1. The van der Waals surface area contributed by atoms with Crippen molar-refractivity contribution in [3.8, 4) is 0 Å². The molecule has 0 amide bonds. The van der Waals surface area contributed by atoms with Gasteiger partial charge in [-0.3, -0.25) is 0 Å². The molecule has 0 aliphatic heterocycles. The van der Waals surface area contributed by atoms with Gasteiger partial charge in [-0.2, -0.15) is 0 Å². The topological polar surface area (TPSA) is 86.6 Å². The van der Waals surface area contributed by atoms with Crippen LogP contribution in [0.3, 0.4) is 0 Å². The maximum atomic E-state index is 9.04. The Morgan fingerprint density at radius 2 is 1.28 bits per heavy atom. The third kappa shape index (κ3) is 13.8. The number of hydrogen-bond donors (Lipinski definition) is 2. The van der Waals surface area contributed by atoms with Crippen LogP contribution in [0.2, 0.25) is 0 Å². The molecule has 18 heavy (non-hydrogen) atoms. The highest BCUT2D eigenvalue weighted by atomic mass is 16.7. The summed E-state index contributed by atoms with van der Waals surface area (Å²) in [5, 5.41) is 17.5. The molecule has 0 aliphatic carbocycles. The first-order valence-electron chi connectivity index (χ1n) is 6.06. The summed E-state index contributed by atoms with van der Waals surface area (Å²) in [7, 11) is -1.18. The lowest BCUT2D eigenvalue weighted by molar-refractivity contribution is 0.000352. The van der Waals surface area contributed by atoms with E-state index >= 15 is 0 Å². The largest absolute Gasteiger partial charge is 0.636 e. The van der Waals surface area contributed by atoms with Gasteiger partial charge in [-0.1, -0.05) is 0 Å². The van der Waals surface area contributed by atoms with E-state index in [1.165, 1.54) is 0 Å². The first-order chi connectivity index (χ1) is 8.81. The van der Waals surface area contributed by atoms with Gasteiger partial charge in [0.15, 0.2) is 0 Å². The van der Waals surface area contributed by atoms with Crippen LogP contribution in [0.5, 0.6) is 0 Å². The van der Waals surface area contributed by atoms with E-state index in [0.29, 0.717) is 46.2 Å². The van der Waals surface area contributed by atoms with Gasteiger partial charge in [-0.05, 0) is 6.92 Å². The second kappa shape index (κ2) is 14.8. The van der Waals surface area contributed by atoms with Gasteiger partial charge in [0.25, 0.3) is 0 Å². The lowest BCUT2D eigenvalue weighted by Gasteiger charge is -2.08. The highest BCUT2D eigenvalue weighted by Gasteiger charge is 2.13. The summed E-state index contributed by atoms with van der Waals surface area (Å²) < 4.78 is 25.0. The molecule has 0 saturated heterocycles. The van der Waals surface area contributed by atoms with E-state index in [0.717, 1.165) is 0 Å². The van der Waals surface area contributed by atoms with E-state index < -0.39 is 7.32 Å². The minimum atomic E-state index is -1.18. The van der Waals surface area contributed by atoms with E-state index in [1.54, 1.807) is 6.92 Å². The van der Waals surface area contributed by atoms with E-state index in [-0.39, 0.29) is 13.2 Å². The van der Waals surface area contributed by atoms with E-state index in [4.69, 9.17) is 33.6 Å². The minimum Gasteiger partial charge on any atom is -0.402 e. The molecule has 0 bridgehead atoms. The Kier molecular flexibility index (Phi) is 14.7. The van der Waals surface area contributed by atoms with Crippen molar-refractivity contribution in [1.82, 2.24) is 0 Å². The lowest BCUT2D eigenvalue weighted by Crippen LogP contribution is -2.24. The molecule has 0 aromatic carbocycles. The van der Waals surface area contributed by atoms with Gasteiger partial charge in [0.2, 0.25) is 0 Å².